The van der Waals surface area contributed by atoms with E-state index in [0.717, 1.165) is 4.41 Å². The Kier molecular flexibility index (Phi) is 5.91. The van der Waals surface area contributed by atoms with Crippen molar-refractivity contribution < 1.29 is 21.3 Å². The monoisotopic (exact) mass is 507 g/mol. The summed E-state index contributed by atoms with van der Waals surface area (Å²) in [7, 11) is -7.86. The van der Waals surface area contributed by atoms with Gasteiger partial charge in [-0.05, 0) is 42.5 Å². The van der Waals surface area contributed by atoms with Crippen molar-refractivity contribution in [2.24, 2.45) is 5.10 Å². The first-order valence-corrected chi connectivity index (χ1v) is 13.7. The number of para-hydroxylation sites is 1. The summed E-state index contributed by atoms with van der Waals surface area (Å²) in [4.78, 5) is 0.213. The second kappa shape index (κ2) is 9.05. The minimum absolute atomic E-state index is 0.0969. The van der Waals surface area contributed by atoms with E-state index >= 15 is 0 Å². The van der Waals surface area contributed by atoms with E-state index in [1.165, 1.54) is 30.5 Å². The van der Waals surface area contributed by atoms with Gasteiger partial charge in [-0.2, -0.15) is 17.9 Å². The highest BCUT2D eigenvalue weighted by molar-refractivity contribution is 7.92. The molecule has 0 radical (unpaired) electrons. The van der Waals surface area contributed by atoms with Gasteiger partial charge in [-0.1, -0.05) is 54.6 Å². The summed E-state index contributed by atoms with van der Waals surface area (Å²) >= 11 is 0. The summed E-state index contributed by atoms with van der Waals surface area (Å²) in [6.45, 7) is 0. The standard InChI is InChI=1S/C25H21N3O5S2/c29-34(30,19-10-3-1-4-11-19)27-22-15-8-7-14-21(22)23-18-24(25-16-9-17-33-25)28(26-23)35(31,32)20-12-5-2-6-13-20/h1-17,24,27H,18H2. The maximum Gasteiger partial charge on any atom is 0.279 e. The average molecular weight is 508 g/mol. The molecule has 0 spiro atoms. The highest BCUT2D eigenvalue weighted by Gasteiger charge is 2.39. The van der Waals surface area contributed by atoms with Crippen LogP contribution in [0.5, 0.6) is 0 Å². The number of anilines is 1. The van der Waals surface area contributed by atoms with Crippen molar-refractivity contribution >= 4 is 31.4 Å². The van der Waals surface area contributed by atoms with Crippen molar-refractivity contribution in [2.45, 2.75) is 22.3 Å². The van der Waals surface area contributed by atoms with Crippen molar-refractivity contribution in [3.8, 4) is 0 Å². The number of rotatable bonds is 7. The Bertz CT molecular complexity index is 1570. The van der Waals surface area contributed by atoms with E-state index in [2.05, 4.69) is 9.82 Å². The van der Waals surface area contributed by atoms with Crippen LogP contribution in [-0.2, 0) is 20.0 Å². The quantitative estimate of drug-likeness (QED) is 0.393. The van der Waals surface area contributed by atoms with Crippen LogP contribution in [0.2, 0.25) is 0 Å². The second-order valence-electron chi connectivity index (χ2n) is 7.84. The number of nitrogens with one attached hydrogen (secondary N) is 1. The van der Waals surface area contributed by atoms with E-state index < -0.39 is 26.1 Å². The molecule has 1 unspecified atom stereocenters. The molecule has 0 saturated heterocycles. The molecule has 2 heterocycles. The number of hydrogen-bond acceptors (Lipinski definition) is 6. The molecule has 0 bridgehead atoms. The molecule has 10 heteroatoms. The summed E-state index contributed by atoms with van der Waals surface area (Å²) in [6, 6.07) is 25.5. The molecule has 1 aliphatic heterocycles. The van der Waals surface area contributed by atoms with Gasteiger partial charge in [0.1, 0.15) is 11.8 Å². The van der Waals surface area contributed by atoms with E-state index in [9.17, 15) is 16.8 Å². The van der Waals surface area contributed by atoms with Crippen LogP contribution in [-0.4, -0.2) is 27.0 Å². The number of furan rings is 1. The predicted molar refractivity (Wildman–Crippen MR) is 132 cm³/mol. The lowest BCUT2D eigenvalue weighted by Crippen LogP contribution is -2.27. The van der Waals surface area contributed by atoms with Crippen molar-refractivity contribution in [1.82, 2.24) is 4.41 Å². The van der Waals surface area contributed by atoms with Gasteiger partial charge >= 0.3 is 0 Å². The van der Waals surface area contributed by atoms with E-state index in [0.29, 0.717) is 22.7 Å². The van der Waals surface area contributed by atoms with Gasteiger partial charge in [0.2, 0.25) is 0 Å². The zero-order valence-electron chi connectivity index (χ0n) is 18.4. The number of benzene rings is 3. The maximum absolute atomic E-state index is 13.5. The fraction of sp³-hybridized carbons (Fsp3) is 0.0800. The van der Waals surface area contributed by atoms with Gasteiger partial charge < -0.3 is 4.42 Å². The van der Waals surface area contributed by atoms with Gasteiger partial charge in [0.15, 0.2) is 0 Å². The van der Waals surface area contributed by atoms with Gasteiger partial charge in [0.05, 0.1) is 27.5 Å². The Balaban J connectivity index is 1.56. The van der Waals surface area contributed by atoms with Crippen LogP contribution in [0.15, 0.2) is 123 Å². The summed E-state index contributed by atoms with van der Waals surface area (Å²) in [6.07, 6.45) is 1.67. The molecule has 3 aromatic carbocycles. The molecule has 0 saturated carbocycles. The Morgan fingerprint density at radius 2 is 1.40 bits per heavy atom. The summed E-state index contributed by atoms with van der Waals surface area (Å²) in [5.41, 5.74) is 1.19. The Morgan fingerprint density at radius 1 is 0.771 bits per heavy atom. The molecule has 1 aliphatic rings. The summed E-state index contributed by atoms with van der Waals surface area (Å²) in [5.74, 6) is 0.436. The lowest BCUT2D eigenvalue weighted by Gasteiger charge is -2.21. The van der Waals surface area contributed by atoms with Crippen molar-refractivity contribution in [3.63, 3.8) is 0 Å². The van der Waals surface area contributed by atoms with E-state index in [-0.39, 0.29) is 16.2 Å². The van der Waals surface area contributed by atoms with E-state index in [1.54, 1.807) is 72.8 Å². The molecule has 4 aromatic rings. The molecule has 0 fully saturated rings. The van der Waals surface area contributed by atoms with Gasteiger partial charge in [-0.3, -0.25) is 4.72 Å². The molecular weight excluding hydrogens is 486 g/mol. The molecule has 1 N–H and O–H groups in total. The Hall–Kier alpha value is -3.89. The van der Waals surface area contributed by atoms with E-state index in [1.807, 2.05) is 0 Å². The van der Waals surface area contributed by atoms with Gasteiger partial charge in [0.25, 0.3) is 20.0 Å². The van der Waals surface area contributed by atoms with E-state index in [4.69, 9.17) is 4.42 Å². The summed E-state index contributed by atoms with van der Waals surface area (Å²) < 4.78 is 62.1. The minimum atomic E-state index is -4.00. The molecule has 1 aromatic heterocycles. The van der Waals surface area contributed by atoms with Gasteiger partial charge in [0, 0.05) is 12.0 Å². The van der Waals surface area contributed by atoms with Crippen LogP contribution in [0.25, 0.3) is 0 Å². The molecule has 35 heavy (non-hydrogen) atoms. The molecule has 0 aliphatic carbocycles. The number of sulfonamides is 2. The lowest BCUT2D eigenvalue weighted by atomic mass is 10.0. The first kappa shape index (κ1) is 22.9. The third kappa shape index (κ3) is 4.45. The third-order valence-corrected chi connectivity index (χ3v) is 8.65. The molecule has 5 rings (SSSR count). The van der Waals surface area contributed by atoms with Gasteiger partial charge in [-0.15, -0.1) is 0 Å². The maximum atomic E-state index is 13.5. The van der Waals surface area contributed by atoms with Crippen LogP contribution in [0.3, 0.4) is 0 Å². The number of hydrogen-bond donors (Lipinski definition) is 1. The van der Waals surface area contributed by atoms with Crippen LogP contribution in [0.4, 0.5) is 5.69 Å². The molecule has 8 nitrogen and oxygen atoms in total. The Labute approximate surface area is 203 Å². The molecule has 1 atom stereocenters. The summed E-state index contributed by atoms with van der Waals surface area (Å²) in [5, 5.41) is 4.47. The zero-order valence-corrected chi connectivity index (χ0v) is 20.0. The molecule has 178 valence electrons. The third-order valence-electron chi connectivity index (χ3n) is 5.57. The topological polar surface area (TPSA) is 109 Å². The lowest BCUT2D eigenvalue weighted by molar-refractivity contribution is 0.320. The van der Waals surface area contributed by atoms with Crippen LogP contribution in [0.1, 0.15) is 23.8 Å². The number of hydrazone groups is 1. The number of nitrogens with zero attached hydrogens (tertiary/aromatic N) is 2. The minimum Gasteiger partial charge on any atom is -0.467 e. The van der Waals surface area contributed by atoms with Crippen LogP contribution in [0, 0.1) is 0 Å². The average Bonchev–Trinajstić information content (AvgIpc) is 3.56. The highest BCUT2D eigenvalue weighted by Crippen LogP contribution is 2.38. The largest absolute Gasteiger partial charge is 0.467 e. The first-order chi connectivity index (χ1) is 16.9. The Morgan fingerprint density at radius 3 is 2.06 bits per heavy atom. The highest BCUT2D eigenvalue weighted by atomic mass is 32.2. The SMILES string of the molecule is O=S(=O)(Nc1ccccc1C1=NN(S(=O)(=O)c2ccccc2)C(c2ccco2)C1)c1ccccc1. The first-order valence-electron chi connectivity index (χ1n) is 10.7. The van der Waals surface area contributed by atoms with Crippen LogP contribution >= 0.6 is 0 Å². The fourth-order valence-corrected chi connectivity index (χ4v) is 6.43. The fourth-order valence-electron chi connectivity index (χ4n) is 3.89. The van der Waals surface area contributed by atoms with Crippen LogP contribution < -0.4 is 4.72 Å². The normalized spacial score (nSPS) is 16.2. The smallest absolute Gasteiger partial charge is 0.279 e. The predicted octanol–water partition coefficient (Wildman–Crippen LogP) is 4.62. The van der Waals surface area contributed by atoms with Crippen molar-refractivity contribution in [3.05, 3.63) is 115 Å². The van der Waals surface area contributed by atoms with Gasteiger partial charge in [-0.25, -0.2) is 8.42 Å². The molecular formula is C25H21N3O5S2. The molecule has 0 amide bonds. The zero-order chi connectivity index (χ0) is 24.5. The van der Waals surface area contributed by atoms with Crippen molar-refractivity contribution in [1.29, 1.82) is 0 Å². The van der Waals surface area contributed by atoms with Crippen molar-refractivity contribution in [2.75, 3.05) is 4.72 Å². The second-order valence-corrected chi connectivity index (χ2v) is 11.3.